The van der Waals surface area contributed by atoms with E-state index in [4.69, 9.17) is 9.47 Å². The molecule has 17 heavy (non-hydrogen) atoms. The summed E-state index contributed by atoms with van der Waals surface area (Å²) in [5.41, 5.74) is 0.717. The third-order valence-electron chi connectivity index (χ3n) is 2.25. The molecule has 0 aliphatic rings. The number of ether oxygens (including phenoxy) is 2. The molecule has 0 spiro atoms. The van der Waals surface area contributed by atoms with Crippen molar-refractivity contribution in [1.29, 1.82) is 0 Å². The summed E-state index contributed by atoms with van der Waals surface area (Å²) in [6.45, 7) is 0. The van der Waals surface area contributed by atoms with Gasteiger partial charge in [-0.2, -0.15) is 0 Å². The van der Waals surface area contributed by atoms with E-state index in [2.05, 4.69) is 16.3 Å². The van der Waals surface area contributed by atoms with Crippen molar-refractivity contribution in [3.8, 4) is 22.8 Å². The zero-order valence-corrected chi connectivity index (χ0v) is 9.40. The molecule has 0 unspecified atom stereocenters. The Morgan fingerprint density at radius 2 is 1.76 bits per heavy atom. The second-order valence-electron chi connectivity index (χ2n) is 3.27. The van der Waals surface area contributed by atoms with Gasteiger partial charge in [0, 0.05) is 11.6 Å². The fourth-order valence-electron chi connectivity index (χ4n) is 1.43. The average Bonchev–Trinajstić information content (AvgIpc) is 2.38. The quantitative estimate of drug-likeness (QED) is 0.814. The Labute approximate surface area is 98.1 Å². The van der Waals surface area contributed by atoms with Crippen LogP contribution in [0, 0.1) is 12.1 Å². The van der Waals surface area contributed by atoms with Crippen LogP contribution in [0.1, 0.15) is 0 Å². The minimum Gasteiger partial charge on any atom is -0.497 e. The van der Waals surface area contributed by atoms with Crippen LogP contribution in [0.15, 0.2) is 24.4 Å². The molecule has 0 aliphatic carbocycles. The molecule has 0 aliphatic heterocycles. The van der Waals surface area contributed by atoms with Gasteiger partial charge in [-0.1, -0.05) is 0 Å². The zero-order chi connectivity index (χ0) is 12.3. The van der Waals surface area contributed by atoms with E-state index in [1.165, 1.54) is 14.2 Å². The van der Waals surface area contributed by atoms with Gasteiger partial charge in [0.2, 0.25) is 0 Å². The Balaban J connectivity index is 2.55. The first-order valence-electron chi connectivity index (χ1n) is 4.86. The van der Waals surface area contributed by atoms with Gasteiger partial charge in [0.1, 0.15) is 17.2 Å². The van der Waals surface area contributed by atoms with Crippen molar-refractivity contribution >= 4 is 0 Å². The molecule has 1 heterocycles. The first-order valence-corrected chi connectivity index (χ1v) is 4.86. The lowest BCUT2D eigenvalue weighted by atomic mass is 10.1. The Morgan fingerprint density at radius 3 is 2.29 bits per heavy atom. The maximum absolute atomic E-state index is 13.5. The van der Waals surface area contributed by atoms with Crippen LogP contribution in [-0.2, 0) is 0 Å². The average molecular weight is 233 g/mol. The van der Waals surface area contributed by atoms with E-state index in [-0.39, 0.29) is 5.69 Å². The molecule has 2 aromatic rings. The van der Waals surface area contributed by atoms with Crippen molar-refractivity contribution in [3.05, 3.63) is 36.5 Å². The van der Waals surface area contributed by atoms with Gasteiger partial charge in [-0.25, -0.2) is 14.4 Å². The molecule has 0 fully saturated rings. The predicted molar refractivity (Wildman–Crippen MR) is 59.4 cm³/mol. The third kappa shape index (κ3) is 2.33. The smallest absolute Gasteiger partial charge is 0.198 e. The van der Waals surface area contributed by atoms with Crippen molar-refractivity contribution in [3.63, 3.8) is 0 Å². The van der Waals surface area contributed by atoms with Crippen LogP contribution in [0.2, 0.25) is 0 Å². The Hall–Kier alpha value is -2.17. The van der Waals surface area contributed by atoms with Gasteiger partial charge in [0.25, 0.3) is 0 Å². The molecule has 0 atom stereocenters. The van der Waals surface area contributed by atoms with Crippen LogP contribution >= 0.6 is 0 Å². The normalized spacial score (nSPS) is 10.1. The summed E-state index contributed by atoms with van der Waals surface area (Å²) in [6, 6.07) is 5.04. The van der Waals surface area contributed by atoms with Crippen LogP contribution in [0.5, 0.6) is 11.5 Å². The topological polar surface area (TPSA) is 44.2 Å². The molecule has 4 nitrogen and oxygen atoms in total. The maximum atomic E-state index is 13.5. The molecule has 5 heteroatoms. The van der Waals surface area contributed by atoms with Crippen molar-refractivity contribution in [2.24, 2.45) is 0 Å². The predicted octanol–water partition coefficient (Wildman–Crippen LogP) is 2.10. The SMILES string of the molecule is COc1cc(OC)cc(-c2n[c]ncc2F)c1. The van der Waals surface area contributed by atoms with Gasteiger partial charge in [-0.05, 0) is 12.1 Å². The van der Waals surface area contributed by atoms with Crippen LogP contribution < -0.4 is 9.47 Å². The minimum atomic E-state index is -0.515. The summed E-state index contributed by atoms with van der Waals surface area (Å²) < 4.78 is 23.7. The van der Waals surface area contributed by atoms with Crippen LogP contribution in [0.3, 0.4) is 0 Å². The van der Waals surface area contributed by atoms with Gasteiger partial charge in [-0.3, -0.25) is 0 Å². The number of aromatic nitrogens is 2. The highest BCUT2D eigenvalue weighted by Gasteiger charge is 2.10. The van der Waals surface area contributed by atoms with E-state index in [0.29, 0.717) is 17.1 Å². The van der Waals surface area contributed by atoms with E-state index in [9.17, 15) is 4.39 Å². The van der Waals surface area contributed by atoms with Gasteiger partial charge in [0.15, 0.2) is 12.1 Å². The van der Waals surface area contributed by atoms with Crippen LogP contribution in [-0.4, -0.2) is 24.2 Å². The third-order valence-corrected chi connectivity index (χ3v) is 2.25. The fourth-order valence-corrected chi connectivity index (χ4v) is 1.43. The second-order valence-corrected chi connectivity index (χ2v) is 3.27. The molecule has 2 rings (SSSR count). The molecule has 0 saturated carbocycles. The standard InChI is InChI=1S/C12H10FN2O2/c1-16-9-3-8(4-10(5-9)17-2)12-11(13)6-14-7-15-12/h3-6H,1-2H3. The molecule has 0 amide bonds. The molecule has 87 valence electrons. The molecule has 1 radical (unpaired) electrons. The number of benzene rings is 1. The number of rotatable bonds is 3. The van der Waals surface area contributed by atoms with Gasteiger partial charge in [0.05, 0.1) is 20.4 Å². The summed E-state index contributed by atoms with van der Waals surface area (Å²) in [4.78, 5) is 7.26. The summed E-state index contributed by atoms with van der Waals surface area (Å²) in [6.07, 6.45) is 3.42. The monoisotopic (exact) mass is 233 g/mol. The Kier molecular flexibility index (Phi) is 3.18. The van der Waals surface area contributed by atoms with Crippen molar-refractivity contribution in [2.75, 3.05) is 14.2 Å². The lowest BCUT2D eigenvalue weighted by molar-refractivity contribution is 0.394. The van der Waals surface area contributed by atoms with Gasteiger partial charge < -0.3 is 9.47 Å². The van der Waals surface area contributed by atoms with Crippen molar-refractivity contribution in [1.82, 2.24) is 9.97 Å². The van der Waals surface area contributed by atoms with Crippen LogP contribution in [0.4, 0.5) is 4.39 Å². The first kappa shape index (κ1) is 11.3. The number of hydrogen-bond acceptors (Lipinski definition) is 4. The van der Waals surface area contributed by atoms with Gasteiger partial charge >= 0.3 is 0 Å². The first-order chi connectivity index (χ1) is 8.24. The second kappa shape index (κ2) is 4.78. The number of nitrogens with zero attached hydrogens (tertiary/aromatic N) is 2. The van der Waals surface area contributed by atoms with Crippen molar-refractivity contribution < 1.29 is 13.9 Å². The highest BCUT2D eigenvalue weighted by atomic mass is 19.1. The minimum absolute atomic E-state index is 0.164. The Bertz CT molecular complexity index is 509. The lowest BCUT2D eigenvalue weighted by Gasteiger charge is -2.08. The fraction of sp³-hybridized carbons (Fsp3) is 0.167. The van der Waals surface area contributed by atoms with E-state index in [1.807, 2.05) is 0 Å². The van der Waals surface area contributed by atoms with E-state index < -0.39 is 5.82 Å². The van der Waals surface area contributed by atoms with E-state index in [0.717, 1.165) is 6.20 Å². The molecular formula is C12H10FN2O2. The largest absolute Gasteiger partial charge is 0.497 e. The summed E-state index contributed by atoms with van der Waals surface area (Å²) in [5.74, 6) is 0.619. The molecule has 0 saturated heterocycles. The number of methoxy groups -OCH3 is 2. The van der Waals surface area contributed by atoms with E-state index in [1.54, 1.807) is 18.2 Å². The summed E-state index contributed by atoms with van der Waals surface area (Å²) in [7, 11) is 3.06. The zero-order valence-electron chi connectivity index (χ0n) is 9.40. The highest BCUT2D eigenvalue weighted by Crippen LogP contribution is 2.29. The molecule has 1 aromatic heterocycles. The summed E-state index contributed by atoms with van der Waals surface area (Å²) >= 11 is 0. The van der Waals surface area contributed by atoms with Crippen LogP contribution in [0.25, 0.3) is 11.3 Å². The highest BCUT2D eigenvalue weighted by molar-refractivity contribution is 5.64. The number of halogens is 1. The maximum Gasteiger partial charge on any atom is 0.198 e. The van der Waals surface area contributed by atoms with E-state index >= 15 is 0 Å². The molecule has 0 bridgehead atoms. The summed E-state index contributed by atoms with van der Waals surface area (Å²) in [5, 5.41) is 0. The Morgan fingerprint density at radius 1 is 1.12 bits per heavy atom. The number of hydrogen-bond donors (Lipinski definition) is 0. The molecule has 1 aromatic carbocycles. The molecule has 0 N–H and O–H groups in total. The van der Waals surface area contributed by atoms with Gasteiger partial charge in [-0.15, -0.1) is 0 Å². The van der Waals surface area contributed by atoms with Crippen molar-refractivity contribution in [2.45, 2.75) is 0 Å². The molecular weight excluding hydrogens is 223 g/mol. The lowest BCUT2D eigenvalue weighted by Crippen LogP contribution is -1.93.